The van der Waals surface area contributed by atoms with Crippen LogP contribution >= 0.6 is 0 Å². The van der Waals surface area contributed by atoms with E-state index in [2.05, 4.69) is 5.16 Å². The number of hydrogen-bond donors (Lipinski definition) is 1. The first-order chi connectivity index (χ1) is 16.1. The van der Waals surface area contributed by atoms with Gasteiger partial charge in [0.15, 0.2) is 5.78 Å². The highest BCUT2D eigenvalue weighted by Crippen LogP contribution is 2.35. The molecule has 4 rings (SSSR count). The minimum atomic E-state index is -0.910. The van der Waals surface area contributed by atoms with Crippen molar-refractivity contribution in [2.45, 2.75) is 45.1 Å². The van der Waals surface area contributed by atoms with E-state index in [1.165, 1.54) is 11.0 Å². The zero-order valence-corrected chi connectivity index (χ0v) is 19.6. The molecule has 0 fully saturated rings. The van der Waals surface area contributed by atoms with Gasteiger partial charge < -0.3 is 14.2 Å². The maximum absolute atomic E-state index is 14.8. The summed E-state index contributed by atoms with van der Waals surface area (Å²) in [6, 6.07) is 10.3. The number of Topliss-reactive ketones (excluding diaryl/α,β-unsaturated/α-hetero) is 1. The maximum Gasteiger partial charge on any atom is 0.293 e. The Balaban J connectivity index is 1.70. The summed E-state index contributed by atoms with van der Waals surface area (Å²) in [4.78, 5) is 39.6. The van der Waals surface area contributed by atoms with Gasteiger partial charge >= 0.3 is 0 Å². The molecule has 178 valence electrons. The van der Waals surface area contributed by atoms with Crippen LogP contribution in [-0.2, 0) is 23.1 Å². The summed E-state index contributed by atoms with van der Waals surface area (Å²) >= 11 is 0. The topological polar surface area (TPSA) is 92.6 Å². The fourth-order valence-electron chi connectivity index (χ4n) is 4.40. The van der Waals surface area contributed by atoms with Crippen molar-refractivity contribution in [3.8, 4) is 5.75 Å². The number of ketones is 1. The van der Waals surface area contributed by atoms with Gasteiger partial charge in [0, 0.05) is 13.0 Å². The Kier molecular flexibility index (Phi) is 6.17. The molecule has 7 nitrogen and oxygen atoms in total. The first-order valence-electron chi connectivity index (χ1n) is 11.1. The molecule has 1 N–H and O–H groups in total. The van der Waals surface area contributed by atoms with E-state index in [4.69, 9.17) is 9.26 Å². The van der Waals surface area contributed by atoms with Crippen molar-refractivity contribution in [2.75, 3.05) is 13.7 Å². The van der Waals surface area contributed by atoms with Gasteiger partial charge in [0.1, 0.15) is 17.6 Å². The second-order valence-electron chi connectivity index (χ2n) is 9.50. The van der Waals surface area contributed by atoms with Gasteiger partial charge in [-0.1, -0.05) is 39.0 Å². The summed E-state index contributed by atoms with van der Waals surface area (Å²) in [6.07, 6.45) is 0.448. The molecule has 1 aliphatic heterocycles. The Bertz CT molecular complexity index is 1300. The van der Waals surface area contributed by atoms with Crippen LogP contribution in [0.25, 0.3) is 0 Å². The molecule has 3 aromatic rings. The molecule has 1 aromatic heterocycles. The smallest absolute Gasteiger partial charge is 0.293 e. The molecule has 0 bridgehead atoms. The first kappa shape index (κ1) is 23.5. The summed E-state index contributed by atoms with van der Waals surface area (Å²) in [7, 11) is 1.56. The van der Waals surface area contributed by atoms with E-state index in [1.54, 1.807) is 31.4 Å². The molecular weight excluding hydrogens is 439 g/mol. The zero-order chi connectivity index (χ0) is 24.6. The average Bonchev–Trinajstić information content (AvgIpc) is 3.22. The van der Waals surface area contributed by atoms with Crippen LogP contribution in [0.5, 0.6) is 5.75 Å². The largest absolute Gasteiger partial charge is 0.497 e. The predicted molar refractivity (Wildman–Crippen MR) is 124 cm³/mol. The third-order valence-electron chi connectivity index (χ3n) is 6.10. The van der Waals surface area contributed by atoms with Crippen LogP contribution in [0.4, 0.5) is 4.39 Å². The minimum absolute atomic E-state index is 0.0572. The number of amides is 1. The highest BCUT2D eigenvalue weighted by Gasteiger charge is 2.37. The third kappa shape index (κ3) is 4.53. The Morgan fingerprint density at radius 2 is 1.94 bits per heavy atom. The highest BCUT2D eigenvalue weighted by atomic mass is 19.1. The van der Waals surface area contributed by atoms with Gasteiger partial charge in [0.05, 0.1) is 13.2 Å². The number of aromatic nitrogens is 1. The fourth-order valence-corrected chi connectivity index (χ4v) is 4.40. The van der Waals surface area contributed by atoms with Crippen LogP contribution in [0.15, 0.2) is 51.8 Å². The van der Waals surface area contributed by atoms with E-state index < -0.39 is 17.5 Å². The molecule has 34 heavy (non-hydrogen) atoms. The van der Waals surface area contributed by atoms with Crippen LogP contribution in [0.1, 0.15) is 59.6 Å². The summed E-state index contributed by atoms with van der Waals surface area (Å²) in [5.41, 5.74) is 1.76. The molecule has 1 atom stereocenters. The van der Waals surface area contributed by atoms with Crippen LogP contribution in [0.3, 0.4) is 0 Å². The van der Waals surface area contributed by atoms with Crippen LogP contribution < -0.4 is 10.3 Å². The number of nitrogens with zero attached hydrogens (tertiary/aromatic N) is 1. The van der Waals surface area contributed by atoms with Crippen molar-refractivity contribution in [3.05, 3.63) is 86.6 Å². The average molecular weight is 467 g/mol. The lowest BCUT2D eigenvalue weighted by Gasteiger charge is -2.36. The Morgan fingerprint density at radius 1 is 1.18 bits per heavy atom. The first-order valence-corrected chi connectivity index (χ1v) is 11.1. The summed E-state index contributed by atoms with van der Waals surface area (Å²) in [5.74, 6) is -0.706. The SMILES string of the molecule is COc1ccc2c(c1)CCN(C(=O)c1cc(=O)[nH]o1)[C@@H]2C(=O)Cc1ccc(C(C)(C)C)c(F)c1. The third-order valence-corrected chi connectivity index (χ3v) is 6.10. The van der Waals surface area contributed by atoms with Crippen LogP contribution in [0.2, 0.25) is 0 Å². The maximum atomic E-state index is 14.8. The van der Waals surface area contributed by atoms with Gasteiger partial charge in [0.25, 0.3) is 11.5 Å². The van der Waals surface area contributed by atoms with E-state index in [1.807, 2.05) is 26.8 Å². The van der Waals surface area contributed by atoms with Crippen LogP contribution in [0, 0.1) is 5.82 Å². The van der Waals surface area contributed by atoms with Gasteiger partial charge in [-0.05, 0) is 52.3 Å². The van der Waals surface area contributed by atoms with Gasteiger partial charge in [-0.2, -0.15) is 5.16 Å². The second-order valence-corrected chi connectivity index (χ2v) is 9.50. The minimum Gasteiger partial charge on any atom is -0.497 e. The number of methoxy groups -OCH3 is 1. The molecule has 0 saturated carbocycles. The van der Waals surface area contributed by atoms with Crippen molar-refractivity contribution < 1.29 is 23.2 Å². The van der Waals surface area contributed by atoms with Crippen molar-refractivity contribution >= 4 is 11.7 Å². The molecule has 0 aliphatic carbocycles. The lowest BCUT2D eigenvalue weighted by Crippen LogP contribution is -2.44. The normalized spacial score (nSPS) is 15.7. The molecule has 0 unspecified atom stereocenters. The van der Waals surface area contributed by atoms with E-state index in [-0.39, 0.29) is 35.7 Å². The fraction of sp³-hybridized carbons (Fsp3) is 0.346. The van der Waals surface area contributed by atoms with Gasteiger partial charge in [-0.3, -0.25) is 14.4 Å². The number of fused-ring (bicyclic) bond motifs is 1. The van der Waals surface area contributed by atoms with Gasteiger partial charge in [-0.25, -0.2) is 4.39 Å². The second kappa shape index (κ2) is 8.93. The number of benzene rings is 2. The Labute approximate surface area is 196 Å². The number of carbonyl (C=O) groups excluding carboxylic acids is 2. The summed E-state index contributed by atoms with van der Waals surface area (Å²) < 4.78 is 25.1. The molecule has 0 radical (unpaired) electrons. The van der Waals surface area contributed by atoms with E-state index in [9.17, 15) is 18.8 Å². The number of carbonyl (C=O) groups is 2. The molecule has 2 heterocycles. The molecule has 2 aromatic carbocycles. The monoisotopic (exact) mass is 466 g/mol. The summed E-state index contributed by atoms with van der Waals surface area (Å²) in [6.45, 7) is 6.02. The number of aromatic amines is 1. The van der Waals surface area contributed by atoms with Crippen molar-refractivity contribution in [1.29, 1.82) is 0 Å². The zero-order valence-electron chi connectivity index (χ0n) is 19.6. The summed E-state index contributed by atoms with van der Waals surface area (Å²) in [5, 5.41) is 2.11. The van der Waals surface area contributed by atoms with Crippen molar-refractivity contribution in [2.24, 2.45) is 0 Å². The number of nitrogens with one attached hydrogen (secondary N) is 1. The van der Waals surface area contributed by atoms with Gasteiger partial charge in [-0.15, -0.1) is 0 Å². The van der Waals surface area contributed by atoms with E-state index >= 15 is 0 Å². The predicted octanol–water partition coefficient (Wildman–Crippen LogP) is 3.96. The quantitative estimate of drug-likeness (QED) is 0.614. The lowest BCUT2D eigenvalue weighted by molar-refractivity contribution is -0.123. The molecular formula is C26H27FN2O5. The van der Waals surface area contributed by atoms with Gasteiger partial charge in [0.2, 0.25) is 5.76 Å². The Hall–Kier alpha value is -3.68. The van der Waals surface area contributed by atoms with Crippen LogP contribution in [-0.4, -0.2) is 35.4 Å². The number of ether oxygens (including phenoxy) is 1. The van der Waals surface area contributed by atoms with E-state index in [0.717, 1.165) is 11.6 Å². The Morgan fingerprint density at radius 3 is 2.56 bits per heavy atom. The highest BCUT2D eigenvalue weighted by molar-refractivity contribution is 5.97. The number of H-pyrrole nitrogens is 1. The van der Waals surface area contributed by atoms with E-state index in [0.29, 0.717) is 28.9 Å². The van der Waals surface area contributed by atoms with Crippen molar-refractivity contribution in [1.82, 2.24) is 10.1 Å². The molecule has 8 heteroatoms. The standard InChI is InChI=1S/C26H27FN2O5/c1-26(2,3)19-8-5-15(11-20(19)27)12-21(30)24-18-7-6-17(33-4)13-16(18)9-10-29(24)25(32)22-14-23(31)28-34-22/h5-8,11,13-14,24H,9-10,12H2,1-4H3,(H,28,31)/t24-/m0/s1. The molecule has 1 amide bonds. The lowest BCUT2D eigenvalue weighted by atomic mass is 9.85. The number of hydrogen-bond acceptors (Lipinski definition) is 5. The molecule has 0 saturated heterocycles. The number of rotatable bonds is 5. The van der Waals surface area contributed by atoms with Crippen molar-refractivity contribution in [3.63, 3.8) is 0 Å². The number of halogens is 1. The molecule has 1 aliphatic rings. The molecule has 0 spiro atoms.